The van der Waals surface area contributed by atoms with Crippen molar-refractivity contribution in [1.29, 1.82) is 0 Å². The molecule has 0 saturated heterocycles. The molecule has 0 amide bonds. The third kappa shape index (κ3) is 5.57. The van der Waals surface area contributed by atoms with Gasteiger partial charge < -0.3 is 9.26 Å². The zero-order valence-electron chi connectivity index (χ0n) is 15.5. The molecular weight excluding hydrogens is 461 g/mol. The van der Waals surface area contributed by atoms with Gasteiger partial charge in [0.1, 0.15) is 6.04 Å². The zero-order chi connectivity index (χ0) is 21.0. The smallest absolute Gasteiger partial charge is 0.386 e. The van der Waals surface area contributed by atoms with Gasteiger partial charge in [-0.15, -0.1) is 0 Å². The molecule has 9 nitrogen and oxygen atoms in total. The molecule has 0 radical (unpaired) electrons. The van der Waals surface area contributed by atoms with Gasteiger partial charge in [-0.05, 0) is 36.8 Å². The van der Waals surface area contributed by atoms with E-state index >= 15 is 0 Å². The first kappa shape index (κ1) is 21.3. The molecule has 1 aliphatic rings. The monoisotopic (exact) mass is 479 g/mol. The number of aromatic nitrogens is 1. The van der Waals surface area contributed by atoms with E-state index in [1.54, 1.807) is 24.4 Å². The molecule has 4 N–H and O–H groups in total. The van der Waals surface area contributed by atoms with Crippen LogP contribution in [0.5, 0.6) is 0 Å². The van der Waals surface area contributed by atoms with Gasteiger partial charge in [0.25, 0.3) is 0 Å². The Morgan fingerprint density at radius 2 is 2.07 bits per heavy atom. The maximum atomic E-state index is 11.9. The van der Waals surface area contributed by atoms with E-state index < -0.39 is 19.7 Å². The maximum Gasteiger partial charge on any atom is 0.386 e. The molecule has 0 bridgehead atoms. The molecule has 2 aromatic rings. The molecular formula is C18H19BrN5O4P. The first-order valence-corrected chi connectivity index (χ1v) is 11.1. The van der Waals surface area contributed by atoms with E-state index in [2.05, 4.69) is 25.9 Å². The molecule has 0 fully saturated rings. The minimum atomic E-state index is -3.90. The summed E-state index contributed by atoms with van der Waals surface area (Å²) in [5.41, 5.74) is 13.2. The number of carbonyl (C=O) groups is 1. The lowest BCUT2D eigenvalue weighted by atomic mass is 10.0. The number of aliphatic imine (C=N–C) groups is 2. The summed E-state index contributed by atoms with van der Waals surface area (Å²) in [6, 6.07) is 10.1. The van der Waals surface area contributed by atoms with Crippen LogP contribution in [-0.4, -0.2) is 35.7 Å². The molecule has 11 heteroatoms. The van der Waals surface area contributed by atoms with E-state index in [0.29, 0.717) is 22.7 Å². The number of pyridine rings is 1. The molecule has 0 aliphatic carbocycles. The highest BCUT2D eigenvalue weighted by molar-refractivity contribution is 9.10. The Morgan fingerprint density at radius 3 is 2.72 bits per heavy atom. The molecule has 1 atom stereocenters. The van der Waals surface area contributed by atoms with Crippen LogP contribution in [0.2, 0.25) is 0 Å². The van der Waals surface area contributed by atoms with Crippen LogP contribution in [0, 0.1) is 0 Å². The summed E-state index contributed by atoms with van der Waals surface area (Å²) >= 11 is 3.45. The first-order chi connectivity index (χ1) is 13.8. The second-order valence-electron chi connectivity index (χ2n) is 6.17. The highest BCUT2D eigenvalue weighted by Crippen LogP contribution is 2.35. The van der Waals surface area contributed by atoms with Crippen molar-refractivity contribution >= 4 is 46.9 Å². The standard InChI is InChI=1S/C18H19BrN5O4P/c1-27-16(25)8-7-15-18(28-29(20,21)26)24-13-6-5-11(19)10-12(13)17(23-15)14-4-2-3-9-22-14/h2-6,9-10,15H,7-8H2,1H3,(H4,20,21,26)/t15-/m0/s1. The summed E-state index contributed by atoms with van der Waals surface area (Å²) in [7, 11) is -2.60. The molecule has 1 aromatic heterocycles. The lowest BCUT2D eigenvalue weighted by Gasteiger charge is -2.17. The number of nitrogens with two attached hydrogens (primary N) is 2. The van der Waals surface area contributed by atoms with Crippen molar-refractivity contribution in [1.82, 2.24) is 4.98 Å². The van der Waals surface area contributed by atoms with Gasteiger partial charge in [-0.25, -0.2) is 20.6 Å². The topological polar surface area (TPSA) is 142 Å². The molecule has 0 saturated carbocycles. The van der Waals surface area contributed by atoms with Gasteiger partial charge >= 0.3 is 13.6 Å². The number of benzene rings is 1. The normalized spacial score (nSPS) is 16.2. The fraction of sp³-hybridized carbons (Fsp3) is 0.222. The highest BCUT2D eigenvalue weighted by atomic mass is 79.9. The number of ether oxygens (including phenoxy) is 1. The van der Waals surface area contributed by atoms with Gasteiger partial charge in [0, 0.05) is 22.7 Å². The van der Waals surface area contributed by atoms with Crippen molar-refractivity contribution in [2.75, 3.05) is 7.11 Å². The number of rotatable bonds is 5. The van der Waals surface area contributed by atoms with E-state index in [9.17, 15) is 9.36 Å². The number of fused-ring (bicyclic) bond motifs is 1. The summed E-state index contributed by atoms with van der Waals surface area (Å²) in [5, 5.41) is 0. The van der Waals surface area contributed by atoms with Crippen molar-refractivity contribution in [3.63, 3.8) is 0 Å². The number of carbonyl (C=O) groups excluding carboxylic acids is 1. The molecule has 1 aromatic carbocycles. The molecule has 29 heavy (non-hydrogen) atoms. The molecule has 0 spiro atoms. The van der Waals surface area contributed by atoms with Crippen LogP contribution in [0.3, 0.4) is 0 Å². The second kappa shape index (κ2) is 8.96. The van der Waals surface area contributed by atoms with Gasteiger partial charge in [0.15, 0.2) is 0 Å². The average molecular weight is 480 g/mol. The van der Waals surface area contributed by atoms with Crippen LogP contribution >= 0.6 is 23.6 Å². The number of nitrogens with zero attached hydrogens (tertiary/aromatic N) is 3. The third-order valence-corrected chi connectivity index (χ3v) is 4.97. The van der Waals surface area contributed by atoms with E-state index in [-0.39, 0.29) is 18.7 Å². The van der Waals surface area contributed by atoms with Gasteiger partial charge in [-0.2, -0.15) is 0 Å². The fourth-order valence-corrected chi connectivity index (χ4v) is 3.56. The number of hydrogen-bond donors (Lipinski definition) is 2. The SMILES string of the molecule is COC(=O)CC[C@@H]1N=C(c2ccccn2)c2cc(Br)ccc2N=C1OP(N)(N)=O. The number of hydrogen-bond acceptors (Lipinski definition) is 7. The van der Waals surface area contributed by atoms with Crippen molar-refractivity contribution in [3.8, 4) is 0 Å². The van der Waals surface area contributed by atoms with E-state index in [4.69, 9.17) is 25.3 Å². The first-order valence-electron chi connectivity index (χ1n) is 8.58. The highest BCUT2D eigenvalue weighted by Gasteiger charge is 2.29. The Morgan fingerprint density at radius 1 is 1.28 bits per heavy atom. The van der Waals surface area contributed by atoms with Crippen LogP contribution in [0.4, 0.5) is 5.69 Å². The van der Waals surface area contributed by atoms with Crippen LogP contribution in [0.15, 0.2) is 57.1 Å². The van der Waals surface area contributed by atoms with Crippen molar-refractivity contribution < 1.29 is 18.6 Å². The Kier molecular flexibility index (Phi) is 6.59. The minimum absolute atomic E-state index is 0.0308. The van der Waals surface area contributed by atoms with Gasteiger partial charge in [0.05, 0.1) is 24.2 Å². The Balaban J connectivity index is 2.16. The molecule has 2 heterocycles. The summed E-state index contributed by atoms with van der Waals surface area (Å²) in [5.74, 6) is -0.455. The molecule has 152 valence electrons. The zero-order valence-corrected chi connectivity index (χ0v) is 18.0. The summed E-state index contributed by atoms with van der Waals surface area (Å²) < 4.78 is 22.7. The van der Waals surface area contributed by atoms with E-state index in [1.807, 2.05) is 18.2 Å². The summed E-state index contributed by atoms with van der Waals surface area (Å²) in [6.07, 6.45) is 1.88. The van der Waals surface area contributed by atoms with Crippen molar-refractivity contribution in [2.24, 2.45) is 21.0 Å². The van der Waals surface area contributed by atoms with Crippen LogP contribution in [0.25, 0.3) is 0 Å². The summed E-state index contributed by atoms with van der Waals surface area (Å²) in [6.45, 7) is 0. The van der Waals surface area contributed by atoms with E-state index in [0.717, 1.165) is 4.47 Å². The van der Waals surface area contributed by atoms with Gasteiger partial charge in [-0.1, -0.05) is 22.0 Å². The maximum absolute atomic E-state index is 11.9. The quantitative estimate of drug-likeness (QED) is 0.495. The van der Waals surface area contributed by atoms with Gasteiger partial charge in [-0.3, -0.25) is 14.8 Å². The number of esters is 1. The number of halogens is 1. The molecule has 0 unspecified atom stereocenters. The third-order valence-electron chi connectivity index (χ3n) is 4.01. The van der Waals surface area contributed by atoms with E-state index in [1.165, 1.54) is 7.11 Å². The van der Waals surface area contributed by atoms with Crippen LogP contribution < -0.4 is 11.0 Å². The van der Waals surface area contributed by atoms with Crippen molar-refractivity contribution in [3.05, 3.63) is 58.3 Å². The lowest BCUT2D eigenvalue weighted by Crippen LogP contribution is -2.26. The lowest BCUT2D eigenvalue weighted by molar-refractivity contribution is -0.140. The molecule has 1 aliphatic heterocycles. The largest absolute Gasteiger partial charge is 0.469 e. The second-order valence-corrected chi connectivity index (χ2v) is 8.56. The van der Waals surface area contributed by atoms with Crippen LogP contribution in [-0.2, 0) is 18.6 Å². The predicted molar refractivity (Wildman–Crippen MR) is 113 cm³/mol. The predicted octanol–water partition coefficient (Wildman–Crippen LogP) is 3.09. The minimum Gasteiger partial charge on any atom is -0.469 e. The van der Waals surface area contributed by atoms with Crippen molar-refractivity contribution in [2.45, 2.75) is 18.9 Å². The van der Waals surface area contributed by atoms with Gasteiger partial charge in [0.2, 0.25) is 5.90 Å². The fourth-order valence-electron chi connectivity index (χ4n) is 2.75. The molecule has 3 rings (SSSR count). The summed E-state index contributed by atoms with van der Waals surface area (Å²) in [4.78, 5) is 25.3. The Labute approximate surface area is 175 Å². The van der Waals surface area contributed by atoms with Crippen LogP contribution in [0.1, 0.15) is 24.1 Å². The Hall–Kier alpha value is -2.39. The number of methoxy groups -OCH3 is 1. The average Bonchev–Trinajstić information content (AvgIpc) is 2.82. The Bertz CT molecular complexity index is 1020.